The summed E-state index contributed by atoms with van der Waals surface area (Å²) in [5.74, 6) is -0.939. The minimum atomic E-state index is -0.939. The number of carboxylic acids is 1. The highest BCUT2D eigenvalue weighted by atomic mass is 16.4. The third kappa shape index (κ3) is 3.38. The third-order valence-corrected chi connectivity index (χ3v) is 3.68. The van der Waals surface area contributed by atoms with E-state index < -0.39 is 5.97 Å². The van der Waals surface area contributed by atoms with Gasteiger partial charge in [0.05, 0.1) is 11.3 Å². The van der Waals surface area contributed by atoms with Gasteiger partial charge in [0, 0.05) is 24.3 Å². The van der Waals surface area contributed by atoms with Crippen molar-refractivity contribution in [3.8, 4) is 0 Å². The van der Waals surface area contributed by atoms with Gasteiger partial charge in [0.2, 0.25) is 0 Å². The summed E-state index contributed by atoms with van der Waals surface area (Å²) in [5, 5.41) is 12.3. The number of benzene rings is 1. The van der Waals surface area contributed by atoms with Crippen LogP contribution in [-0.4, -0.2) is 41.7 Å². The van der Waals surface area contributed by atoms with Crippen LogP contribution in [0.25, 0.3) is 0 Å². The van der Waals surface area contributed by atoms with Gasteiger partial charge in [-0.05, 0) is 45.0 Å². The molecule has 0 saturated heterocycles. The lowest BCUT2D eigenvalue weighted by Gasteiger charge is -2.25. The molecule has 0 spiro atoms. The van der Waals surface area contributed by atoms with Crippen molar-refractivity contribution in [2.24, 2.45) is 0 Å². The maximum absolute atomic E-state index is 11.1. The van der Waals surface area contributed by atoms with Gasteiger partial charge in [-0.15, -0.1) is 0 Å². The molecule has 0 heterocycles. The normalized spacial score (nSPS) is 16.4. The smallest absolute Gasteiger partial charge is 0.337 e. The molecule has 4 N–H and O–H groups in total. The van der Waals surface area contributed by atoms with Crippen LogP contribution in [0.1, 0.15) is 30.1 Å². The maximum atomic E-state index is 11.1. The Morgan fingerprint density at radius 1 is 1.58 bits per heavy atom. The van der Waals surface area contributed by atoms with Gasteiger partial charge < -0.3 is 16.2 Å². The number of rotatable bonds is 6. The second kappa shape index (κ2) is 5.48. The van der Waals surface area contributed by atoms with Gasteiger partial charge in [-0.25, -0.2) is 4.79 Å². The van der Waals surface area contributed by atoms with Crippen molar-refractivity contribution in [3.63, 3.8) is 0 Å². The Hall–Kier alpha value is -1.75. The van der Waals surface area contributed by atoms with E-state index in [0.717, 1.165) is 0 Å². The van der Waals surface area contributed by atoms with Crippen molar-refractivity contribution >= 4 is 17.3 Å². The Balaban J connectivity index is 2.01. The molecule has 0 aromatic heterocycles. The number of anilines is 2. The average molecular weight is 263 g/mol. The number of hydrogen-bond acceptors (Lipinski definition) is 4. The molecular weight excluding hydrogens is 242 g/mol. The maximum Gasteiger partial charge on any atom is 0.337 e. The van der Waals surface area contributed by atoms with Crippen molar-refractivity contribution in [2.45, 2.75) is 31.8 Å². The molecule has 2 rings (SSSR count). The van der Waals surface area contributed by atoms with Crippen LogP contribution in [0.2, 0.25) is 0 Å². The quantitative estimate of drug-likeness (QED) is 0.683. The molecule has 0 amide bonds. The Bertz CT molecular complexity index is 472. The molecule has 19 heavy (non-hydrogen) atoms. The number of nitrogen functional groups attached to an aromatic ring is 1. The van der Waals surface area contributed by atoms with Gasteiger partial charge in [-0.3, -0.25) is 4.90 Å². The summed E-state index contributed by atoms with van der Waals surface area (Å²) in [7, 11) is 2.11. The molecule has 1 aromatic carbocycles. The molecule has 104 valence electrons. The fourth-order valence-corrected chi connectivity index (χ4v) is 2.14. The van der Waals surface area contributed by atoms with Crippen molar-refractivity contribution < 1.29 is 9.90 Å². The Morgan fingerprint density at radius 3 is 2.84 bits per heavy atom. The van der Waals surface area contributed by atoms with Gasteiger partial charge in [0.15, 0.2) is 0 Å². The minimum Gasteiger partial charge on any atom is -0.478 e. The number of nitrogens with two attached hydrogens (primary N) is 1. The first-order chi connectivity index (χ1) is 8.99. The van der Waals surface area contributed by atoms with Gasteiger partial charge in [0.1, 0.15) is 0 Å². The number of carbonyl (C=O) groups is 1. The number of carboxylic acid groups (broad SMARTS) is 1. The fraction of sp³-hybridized carbons (Fsp3) is 0.500. The molecule has 1 fully saturated rings. The van der Waals surface area contributed by atoms with Crippen molar-refractivity contribution in [1.29, 1.82) is 0 Å². The summed E-state index contributed by atoms with van der Waals surface area (Å²) in [6.07, 6.45) is 2.53. The second-order valence-corrected chi connectivity index (χ2v) is 5.24. The molecule has 1 saturated carbocycles. The number of hydrogen-bond donors (Lipinski definition) is 3. The monoisotopic (exact) mass is 263 g/mol. The Labute approximate surface area is 113 Å². The summed E-state index contributed by atoms with van der Waals surface area (Å²) in [6.45, 7) is 2.84. The topological polar surface area (TPSA) is 78.6 Å². The predicted octanol–water partition coefficient (Wildman–Crippen LogP) is 1.86. The van der Waals surface area contributed by atoms with E-state index in [1.165, 1.54) is 18.9 Å². The highest BCUT2D eigenvalue weighted by Gasteiger charge is 2.29. The summed E-state index contributed by atoms with van der Waals surface area (Å²) in [5.41, 5.74) is 7.12. The molecule has 0 radical (unpaired) electrons. The minimum absolute atomic E-state index is 0.260. The van der Waals surface area contributed by atoms with Crippen LogP contribution in [0, 0.1) is 0 Å². The summed E-state index contributed by atoms with van der Waals surface area (Å²) in [4.78, 5) is 13.5. The number of nitrogens with zero attached hydrogens (tertiary/aromatic N) is 1. The third-order valence-electron chi connectivity index (χ3n) is 3.68. The zero-order valence-electron chi connectivity index (χ0n) is 11.4. The van der Waals surface area contributed by atoms with Crippen molar-refractivity contribution in [2.75, 3.05) is 24.6 Å². The number of nitrogens with one attached hydrogen (secondary N) is 1. The molecule has 0 bridgehead atoms. The van der Waals surface area contributed by atoms with Crippen LogP contribution < -0.4 is 11.1 Å². The zero-order valence-corrected chi connectivity index (χ0v) is 11.4. The highest BCUT2D eigenvalue weighted by molar-refractivity contribution is 5.95. The van der Waals surface area contributed by atoms with Crippen LogP contribution in [0.15, 0.2) is 18.2 Å². The highest BCUT2D eigenvalue weighted by Crippen LogP contribution is 2.27. The fourth-order valence-electron chi connectivity index (χ4n) is 2.14. The van der Waals surface area contributed by atoms with E-state index in [1.807, 2.05) is 0 Å². The summed E-state index contributed by atoms with van der Waals surface area (Å²) < 4.78 is 0. The number of aromatic carboxylic acids is 1. The SMILES string of the molecule is CC(CNc1cc(N)ccc1C(=O)O)N(C)C1CC1. The second-order valence-electron chi connectivity index (χ2n) is 5.24. The molecule has 1 aliphatic carbocycles. The molecule has 5 heteroatoms. The van der Waals surface area contributed by atoms with Gasteiger partial charge in [-0.1, -0.05) is 0 Å². The lowest BCUT2D eigenvalue weighted by Crippen LogP contribution is -2.36. The average Bonchev–Trinajstić information content (AvgIpc) is 3.18. The van der Waals surface area contributed by atoms with Gasteiger partial charge in [-0.2, -0.15) is 0 Å². The van der Waals surface area contributed by atoms with E-state index in [1.54, 1.807) is 12.1 Å². The van der Waals surface area contributed by atoms with E-state index in [-0.39, 0.29) is 5.56 Å². The molecule has 0 aliphatic heterocycles. The van der Waals surface area contributed by atoms with E-state index in [9.17, 15) is 4.79 Å². The lowest BCUT2D eigenvalue weighted by atomic mass is 10.1. The molecule has 5 nitrogen and oxygen atoms in total. The van der Waals surface area contributed by atoms with Crippen LogP contribution in [-0.2, 0) is 0 Å². The first kappa shape index (κ1) is 13.7. The van der Waals surface area contributed by atoms with Gasteiger partial charge >= 0.3 is 5.97 Å². The van der Waals surface area contributed by atoms with E-state index in [4.69, 9.17) is 10.8 Å². The van der Waals surface area contributed by atoms with Crippen LogP contribution in [0.3, 0.4) is 0 Å². The molecular formula is C14H21N3O2. The molecule has 1 aromatic rings. The van der Waals surface area contributed by atoms with Crippen LogP contribution >= 0.6 is 0 Å². The molecule has 1 atom stereocenters. The van der Waals surface area contributed by atoms with E-state index >= 15 is 0 Å². The van der Waals surface area contributed by atoms with E-state index in [2.05, 4.69) is 24.2 Å². The van der Waals surface area contributed by atoms with Crippen molar-refractivity contribution in [3.05, 3.63) is 23.8 Å². The van der Waals surface area contributed by atoms with Crippen LogP contribution in [0.5, 0.6) is 0 Å². The zero-order chi connectivity index (χ0) is 14.0. The van der Waals surface area contributed by atoms with Gasteiger partial charge in [0.25, 0.3) is 0 Å². The molecule has 1 unspecified atom stereocenters. The lowest BCUT2D eigenvalue weighted by molar-refractivity contribution is 0.0698. The molecule has 1 aliphatic rings. The standard InChI is InChI=1S/C14H21N3O2/c1-9(17(2)11-4-5-11)8-16-13-7-10(15)3-6-12(13)14(18)19/h3,6-7,9,11,16H,4-5,8,15H2,1-2H3,(H,18,19). The first-order valence-electron chi connectivity index (χ1n) is 6.57. The first-order valence-corrected chi connectivity index (χ1v) is 6.57. The van der Waals surface area contributed by atoms with E-state index in [0.29, 0.717) is 30.0 Å². The summed E-state index contributed by atoms with van der Waals surface area (Å²) in [6, 6.07) is 5.86. The predicted molar refractivity (Wildman–Crippen MR) is 76.6 cm³/mol. The van der Waals surface area contributed by atoms with Crippen molar-refractivity contribution in [1.82, 2.24) is 4.90 Å². The summed E-state index contributed by atoms with van der Waals surface area (Å²) >= 11 is 0. The Morgan fingerprint density at radius 2 is 2.26 bits per heavy atom. The largest absolute Gasteiger partial charge is 0.478 e. The number of likely N-dealkylation sites (N-methyl/N-ethyl adjacent to an activating group) is 1. The van der Waals surface area contributed by atoms with Crippen LogP contribution in [0.4, 0.5) is 11.4 Å². The Kier molecular flexibility index (Phi) is 3.95.